The molecule has 1 aromatic carbocycles. The molecule has 4 nitrogen and oxygen atoms in total. The molecule has 2 aromatic rings. The summed E-state index contributed by atoms with van der Waals surface area (Å²) in [4.78, 5) is 14.2. The van der Waals surface area contributed by atoms with Crippen LogP contribution in [0.25, 0.3) is 0 Å². The quantitative estimate of drug-likeness (QED) is 0.867. The molecule has 0 amide bonds. The number of carbonyl (C=O) groups is 1. The summed E-state index contributed by atoms with van der Waals surface area (Å²) in [5.74, 6) is -0.904. The van der Waals surface area contributed by atoms with Crippen LogP contribution in [0, 0.1) is 0 Å². The first-order chi connectivity index (χ1) is 8.72. The molecule has 0 aliphatic carbocycles. The molecule has 1 aliphatic rings. The summed E-state index contributed by atoms with van der Waals surface area (Å²) in [5.41, 5.74) is 2.13. The predicted molar refractivity (Wildman–Crippen MR) is 65.8 cm³/mol. The molecule has 2 heterocycles. The van der Waals surface area contributed by atoms with E-state index in [1.54, 1.807) is 18.2 Å². The maximum Gasteiger partial charge on any atom is 0.335 e. The van der Waals surface area contributed by atoms with Gasteiger partial charge in [0.1, 0.15) is 0 Å². The molecule has 18 heavy (non-hydrogen) atoms. The molecule has 0 radical (unpaired) electrons. The van der Waals surface area contributed by atoms with Crippen molar-refractivity contribution in [3.8, 4) is 0 Å². The summed E-state index contributed by atoms with van der Waals surface area (Å²) in [7, 11) is 0. The maximum absolute atomic E-state index is 11.0. The fourth-order valence-corrected chi connectivity index (χ4v) is 2.36. The summed E-state index contributed by atoms with van der Waals surface area (Å²) in [5, 5.41) is 9.06. The highest BCUT2D eigenvalue weighted by molar-refractivity contribution is 5.87. The lowest BCUT2D eigenvalue weighted by Gasteiger charge is -2.41. The van der Waals surface area contributed by atoms with Gasteiger partial charge in [0, 0.05) is 11.9 Å². The Morgan fingerprint density at radius 1 is 1.28 bits per heavy atom. The number of nitrogens with one attached hydrogen (secondary N) is 1. The molecule has 92 valence electrons. The highest BCUT2D eigenvalue weighted by atomic mass is 16.5. The van der Waals surface area contributed by atoms with Crippen LogP contribution in [0.5, 0.6) is 0 Å². The second-order valence-corrected chi connectivity index (χ2v) is 4.54. The number of hydrogen-bond donors (Lipinski definition) is 2. The first kappa shape index (κ1) is 11.0. The average Bonchev–Trinajstić information content (AvgIpc) is 2.82. The minimum atomic E-state index is -0.904. The van der Waals surface area contributed by atoms with Gasteiger partial charge in [-0.1, -0.05) is 12.1 Å². The Hall–Kier alpha value is -2.07. The van der Waals surface area contributed by atoms with Gasteiger partial charge in [-0.15, -0.1) is 0 Å². The van der Waals surface area contributed by atoms with Crippen LogP contribution in [0.3, 0.4) is 0 Å². The van der Waals surface area contributed by atoms with Crippen LogP contribution in [0.2, 0.25) is 0 Å². The Balaban J connectivity index is 2.07. The summed E-state index contributed by atoms with van der Waals surface area (Å²) in [6, 6.07) is 11.0. The number of hydrogen-bond acceptors (Lipinski definition) is 2. The molecular weight excluding hydrogens is 230 g/mol. The van der Waals surface area contributed by atoms with E-state index in [4.69, 9.17) is 9.84 Å². The van der Waals surface area contributed by atoms with Crippen molar-refractivity contribution in [3.63, 3.8) is 0 Å². The number of aromatic amines is 1. The van der Waals surface area contributed by atoms with E-state index in [1.165, 1.54) is 0 Å². The first-order valence-electron chi connectivity index (χ1n) is 5.78. The van der Waals surface area contributed by atoms with Crippen molar-refractivity contribution in [2.24, 2.45) is 0 Å². The van der Waals surface area contributed by atoms with Crippen molar-refractivity contribution in [1.82, 2.24) is 4.98 Å². The second-order valence-electron chi connectivity index (χ2n) is 4.54. The van der Waals surface area contributed by atoms with Crippen molar-refractivity contribution in [3.05, 3.63) is 59.4 Å². The summed E-state index contributed by atoms with van der Waals surface area (Å²) < 4.78 is 5.35. The smallest absolute Gasteiger partial charge is 0.335 e. The third-order valence-corrected chi connectivity index (χ3v) is 3.47. The van der Waals surface area contributed by atoms with E-state index in [2.05, 4.69) is 4.98 Å². The normalized spacial score (nSPS) is 17.1. The van der Waals surface area contributed by atoms with Crippen LogP contribution in [-0.2, 0) is 10.2 Å². The number of benzene rings is 1. The summed E-state index contributed by atoms with van der Waals surface area (Å²) >= 11 is 0. The number of rotatable bonds is 3. The molecule has 3 rings (SSSR count). The van der Waals surface area contributed by atoms with Gasteiger partial charge in [-0.3, -0.25) is 0 Å². The van der Waals surface area contributed by atoms with Crippen LogP contribution < -0.4 is 0 Å². The lowest BCUT2D eigenvalue weighted by atomic mass is 9.75. The van der Waals surface area contributed by atoms with Crippen molar-refractivity contribution in [2.75, 3.05) is 13.2 Å². The van der Waals surface area contributed by atoms with Crippen LogP contribution in [0.1, 0.15) is 21.6 Å². The van der Waals surface area contributed by atoms with Crippen molar-refractivity contribution < 1.29 is 14.6 Å². The number of ether oxygens (including phenoxy) is 1. The standard InChI is InChI=1S/C14H13NO3/c16-13(17)10-3-1-4-11(7-10)14(8-18-9-14)12-5-2-6-15-12/h1-7,15H,8-9H2,(H,16,17). The largest absolute Gasteiger partial charge is 0.478 e. The van der Waals surface area contributed by atoms with E-state index in [-0.39, 0.29) is 5.41 Å². The molecule has 0 atom stereocenters. The van der Waals surface area contributed by atoms with Gasteiger partial charge in [0.15, 0.2) is 0 Å². The van der Waals surface area contributed by atoms with Gasteiger partial charge in [-0.05, 0) is 29.8 Å². The monoisotopic (exact) mass is 243 g/mol. The van der Waals surface area contributed by atoms with Gasteiger partial charge >= 0.3 is 5.97 Å². The molecule has 4 heteroatoms. The molecule has 2 N–H and O–H groups in total. The van der Waals surface area contributed by atoms with Crippen LogP contribution >= 0.6 is 0 Å². The summed E-state index contributed by atoms with van der Waals surface area (Å²) in [6.45, 7) is 1.16. The number of carboxylic acids is 1. The number of aromatic nitrogens is 1. The van der Waals surface area contributed by atoms with E-state index < -0.39 is 5.97 Å². The molecule has 0 bridgehead atoms. The average molecular weight is 243 g/mol. The Morgan fingerprint density at radius 2 is 2.11 bits per heavy atom. The van der Waals surface area contributed by atoms with Gasteiger partial charge < -0.3 is 14.8 Å². The molecule has 0 unspecified atom stereocenters. The highest BCUT2D eigenvalue weighted by Gasteiger charge is 2.43. The molecule has 0 saturated carbocycles. The minimum absolute atomic E-state index is 0.227. The molecular formula is C14H13NO3. The van der Waals surface area contributed by atoms with Crippen molar-refractivity contribution in [1.29, 1.82) is 0 Å². The van der Waals surface area contributed by atoms with Gasteiger partial charge in [-0.25, -0.2) is 4.79 Å². The Bertz CT molecular complexity index is 570. The van der Waals surface area contributed by atoms with Crippen LogP contribution in [-0.4, -0.2) is 29.3 Å². The van der Waals surface area contributed by atoms with E-state index in [0.29, 0.717) is 18.8 Å². The van der Waals surface area contributed by atoms with E-state index in [1.807, 2.05) is 24.4 Å². The predicted octanol–water partition coefficient (Wildman–Crippen LogP) is 2.03. The topological polar surface area (TPSA) is 62.3 Å². The van der Waals surface area contributed by atoms with Gasteiger partial charge in [0.05, 0.1) is 24.2 Å². The zero-order chi connectivity index (χ0) is 12.6. The molecule has 1 aliphatic heterocycles. The SMILES string of the molecule is O=C(O)c1cccc(C2(c3ccc[nH]3)COC2)c1. The number of carboxylic acid groups (broad SMARTS) is 1. The third-order valence-electron chi connectivity index (χ3n) is 3.47. The number of aromatic carboxylic acids is 1. The molecule has 1 aromatic heterocycles. The van der Waals surface area contributed by atoms with E-state index in [0.717, 1.165) is 11.3 Å². The minimum Gasteiger partial charge on any atom is -0.478 e. The zero-order valence-electron chi connectivity index (χ0n) is 9.72. The van der Waals surface area contributed by atoms with Gasteiger partial charge in [-0.2, -0.15) is 0 Å². The lowest BCUT2D eigenvalue weighted by molar-refractivity contribution is -0.0398. The highest BCUT2D eigenvalue weighted by Crippen LogP contribution is 2.38. The maximum atomic E-state index is 11.0. The second kappa shape index (κ2) is 3.99. The van der Waals surface area contributed by atoms with Gasteiger partial charge in [0.25, 0.3) is 0 Å². The van der Waals surface area contributed by atoms with Crippen molar-refractivity contribution >= 4 is 5.97 Å². The fourth-order valence-electron chi connectivity index (χ4n) is 2.36. The third kappa shape index (κ3) is 1.54. The molecule has 1 fully saturated rings. The van der Waals surface area contributed by atoms with Crippen LogP contribution in [0.15, 0.2) is 42.6 Å². The lowest BCUT2D eigenvalue weighted by Crippen LogP contribution is -2.48. The molecule has 0 spiro atoms. The fraction of sp³-hybridized carbons (Fsp3) is 0.214. The number of H-pyrrole nitrogens is 1. The molecule has 1 saturated heterocycles. The Kier molecular flexibility index (Phi) is 2.45. The summed E-state index contributed by atoms with van der Waals surface area (Å²) in [6.07, 6.45) is 1.87. The van der Waals surface area contributed by atoms with Crippen LogP contribution in [0.4, 0.5) is 0 Å². The van der Waals surface area contributed by atoms with Gasteiger partial charge in [0.2, 0.25) is 0 Å². The van der Waals surface area contributed by atoms with E-state index >= 15 is 0 Å². The van der Waals surface area contributed by atoms with Crippen molar-refractivity contribution in [2.45, 2.75) is 5.41 Å². The Morgan fingerprint density at radius 3 is 2.67 bits per heavy atom. The first-order valence-corrected chi connectivity index (χ1v) is 5.78. The Labute approximate surface area is 104 Å². The van der Waals surface area contributed by atoms with E-state index in [9.17, 15) is 4.79 Å². The zero-order valence-corrected chi connectivity index (χ0v) is 9.72.